The summed E-state index contributed by atoms with van der Waals surface area (Å²) in [7, 11) is 0. The lowest BCUT2D eigenvalue weighted by atomic mass is 10.0. The van der Waals surface area contributed by atoms with Crippen molar-refractivity contribution >= 4 is 17.9 Å². The van der Waals surface area contributed by atoms with Crippen LogP contribution in [0.5, 0.6) is 0 Å². The predicted molar refractivity (Wildman–Crippen MR) is 325 cm³/mol. The molecular weight excluding hydrogens is 925 g/mol. The van der Waals surface area contributed by atoms with Gasteiger partial charge < -0.3 is 14.2 Å². The van der Waals surface area contributed by atoms with E-state index in [9.17, 15) is 14.4 Å². The third-order valence-electron chi connectivity index (χ3n) is 12.9. The van der Waals surface area contributed by atoms with E-state index >= 15 is 0 Å². The second-order valence-electron chi connectivity index (χ2n) is 20.2. The highest BCUT2D eigenvalue weighted by Crippen LogP contribution is 2.15. The fourth-order valence-corrected chi connectivity index (χ4v) is 8.24. The van der Waals surface area contributed by atoms with Gasteiger partial charge in [0.05, 0.1) is 0 Å². The number of hydrogen-bond donors (Lipinski definition) is 0. The summed E-state index contributed by atoms with van der Waals surface area (Å²) in [6.07, 6.45) is 86.4. The van der Waals surface area contributed by atoms with E-state index in [-0.39, 0.29) is 44.0 Å². The topological polar surface area (TPSA) is 78.9 Å². The molecule has 0 aromatic heterocycles. The molecule has 0 bridgehead atoms. The summed E-state index contributed by atoms with van der Waals surface area (Å²) in [5.41, 5.74) is 0. The second-order valence-corrected chi connectivity index (χ2v) is 20.2. The molecule has 75 heavy (non-hydrogen) atoms. The fraction of sp³-hybridized carbons (Fsp3) is 0.667. The standard InChI is InChI=1S/C69H114O6/c1-4-7-10-13-16-19-22-25-28-31-33-34-36-39-42-45-48-51-54-57-60-63-69(72)75-66(64-73-67(70)61-58-55-52-49-46-43-40-37-30-27-24-21-18-15-12-9-6-3)65-74-68(71)62-59-56-53-50-47-44-41-38-35-32-29-26-23-20-17-14-11-8-5-2/h17-18,20-21,25-30,35,38,40,43-44,47,49,52-53,56,66H,4-16,19,22-24,31-34,36-37,39,41-42,45-46,48,50-51,54-55,57-65H2,1-3H3/b20-17-,21-18-,28-25-,29-26-,30-27-,38-35-,43-40-,47-44-,52-49-,56-53-/t66-/m0/s1. The van der Waals surface area contributed by atoms with Crippen molar-refractivity contribution in [3.05, 3.63) is 122 Å². The van der Waals surface area contributed by atoms with E-state index in [0.717, 1.165) is 70.6 Å². The van der Waals surface area contributed by atoms with Crippen LogP contribution in [0.2, 0.25) is 0 Å². The van der Waals surface area contributed by atoms with Crippen LogP contribution in [0, 0.1) is 0 Å². The Morgan fingerprint density at radius 2 is 0.520 bits per heavy atom. The number of carbonyl (C=O) groups excluding carboxylic acids is 3. The van der Waals surface area contributed by atoms with E-state index in [1.54, 1.807) is 0 Å². The Labute approximate surface area is 462 Å². The molecule has 0 rings (SSSR count). The molecule has 0 heterocycles. The Balaban J connectivity index is 4.56. The van der Waals surface area contributed by atoms with Crippen LogP contribution in [-0.4, -0.2) is 37.2 Å². The zero-order valence-electron chi connectivity index (χ0n) is 48.8. The van der Waals surface area contributed by atoms with Gasteiger partial charge in [0.25, 0.3) is 0 Å². The van der Waals surface area contributed by atoms with E-state index in [1.165, 1.54) is 154 Å². The molecule has 1 atom stereocenters. The summed E-state index contributed by atoms with van der Waals surface area (Å²) < 4.78 is 16.8. The lowest BCUT2D eigenvalue weighted by molar-refractivity contribution is -0.166. The van der Waals surface area contributed by atoms with Crippen LogP contribution in [0.3, 0.4) is 0 Å². The van der Waals surface area contributed by atoms with Gasteiger partial charge in [0.15, 0.2) is 6.10 Å². The molecule has 0 fully saturated rings. The summed E-state index contributed by atoms with van der Waals surface area (Å²) in [5.74, 6) is -1.06. The maximum absolute atomic E-state index is 12.9. The smallest absolute Gasteiger partial charge is 0.306 e. The summed E-state index contributed by atoms with van der Waals surface area (Å²) in [5, 5.41) is 0. The molecule has 0 unspecified atom stereocenters. The van der Waals surface area contributed by atoms with Crippen LogP contribution in [-0.2, 0) is 28.6 Å². The minimum Gasteiger partial charge on any atom is -0.462 e. The number of ether oxygens (including phenoxy) is 3. The van der Waals surface area contributed by atoms with E-state index in [4.69, 9.17) is 14.2 Å². The Hall–Kier alpha value is -4.19. The summed E-state index contributed by atoms with van der Waals surface area (Å²) in [6, 6.07) is 0. The summed E-state index contributed by atoms with van der Waals surface area (Å²) in [6.45, 7) is 6.48. The average Bonchev–Trinajstić information content (AvgIpc) is 3.41. The Kier molecular flexibility index (Phi) is 58.9. The van der Waals surface area contributed by atoms with Gasteiger partial charge in [0.2, 0.25) is 0 Å². The maximum atomic E-state index is 12.9. The molecule has 0 aliphatic carbocycles. The molecule has 426 valence electrons. The van der Waals surface area contributed by atoms with Gasteiger partial charge in [-0.05, 0) is 122 Å². The number of unbranched alkanes of at least 4 members (excludes halogenated alkanes) is 24. The lowest BCUT2D eigenvalue weighted by Crippen LogP contribution is -2.30. The van der Waals surface area contributed by atoms with Gasteiger partial charge in [-0.25, -0.2) is 0 Å². The van der Waals surface area contributed by atoms with Gasteiger partial charge >= 0.3 is 17.9 Å². The second kappa shape index (κ2) is 62.4. The average molecular weight is 1040 g/mol. The molecule has 0 saturated carbocycles. The third kappa shape index (κ3) is 60.6. The summed E-state index contributed by atoms with van der Waals surface area (Å²) >= 11 is 0. The molecule has 6 heteroatoms. The van der Waals surface area contributed by atoms with Crippen LogP contribution in [0.15, 0.2) is 122 Å². The van der Waals surface area contributed by atoms with Crippen molar-refractivity contribution in [1.29, 1.82) is 0 Å². The van der Waals surface area contributed by atoms with Crippen molar-refractivity contribution in [1.82, 2.24) is 0 Å². The monoisotopic (exact) mass is 1040 g/mol. The zero-order valence-corrected chi connectivity index (χ0v) is 48.8. The van der Waals surface area contributed by atoms with Crippen LogP contribution in [0.25, 0.3) is 0 Å². The fourth-order valence-electron chi connectivity index (χ4n) is 8.24. The van der Waals surface area contributed by atoms with Crippen LogP contribution < -0.4 is 0 Å². The number of allylic oxidation sites excluding steroid dienone is 20. The van der Waals surface area contributed by atoms with Gasteiger partial charge in [0.1, 0.15) is 13.2 Å². The molecule has 0 aromatic carbocycles. The normalized spacial score (nSPS) is 12.9. The molecule has 0 radical (unpaired) electrons. The quantitative estimate of drug-likeness (QED) is 0.0261. The molecule has 6 nitrogen and oxygen atoms in total. The van der Waals surface area contributed by atoms with Crippen LogP contribution in [0.4, 0.5) is 0 Å². The van der Waals surface area contributed by atoms with Crippen molar-refractivity contribution in [3.63, 3.8) is 0 Å². The minimum absolute atomic E-state index is 0.131. The van der Waals surface area contributed by atoms with Gasteiger partial charge in [0, 0.05) is 19.3 Å². The zero-order chi connectivity index (χ0) is 54.3. The number of esters is 3. The highest BCUT2D eigenvalue weighted by atomic mass is 16.6. The molecule has 0 aromatic rings. The molecule has 0 N–H and O–H groups in total. The molecular formula is C69H114O6. The predicted octanol–water partition coefficient (Wildman–Crippen LogP) is 21.2. The lowest BCUT2D eigenvalue weighted by Gasteiger charge is -2.18. The van der Waals surface area contributed by atoms with Crippen molar-refractivity contribution in [3.8, 4) is 0 Å². The molecule has 0 saturated heterocycles. The van der Waals surface area contributed by atoms with Crippen LogP contribution >= 0.6 is 0 Å². The Bertz CT molecular complexity index is 1570. The van der Waals surface area contributed by atoms with Gasteiger partial charge in [-0.1, -0.05) is 258 Å². The van der Waals surface area contributed by atoms with Gasteiger partial charge in [-0.2, -0.15) is 0 Å². The van der Waals surface area contributed by atoms with Gasteiger partial charge in [-0.3, -0.25) is 14.4 Å². The Morgan fingerprint density at radius 1 is 0.267 bits per heavy atom. The molecule has 0 aliphatic rings. The van der Waals surface area contributed by atoms with E-state index in [0.29, 0.717) is 19.3 Å². The van der Waals surface area contributed by atoms with Crippen molar-refractivity contribution in [2.75, 3.05) is 13.2 Å². The SMILES string of the molecule is CCCCC/C=C\C/C=C\C/C=C\C/C=C\C/C=C\CCC(=O)OC[C@H](COC(=O)CCC/C=C\C/C=C\C/C=C\C/C=C\CCCCC)OC(=O)CCCCCCCCCCCCC/C=C\CCCCCCCC. The van der Waals surface area contributed by atoms with Crippen molar-refractivity contribution in [2.45, 2.75) is 284 Å². The first-order chi connectivity index (χ1) is 37.0. The van der Waals surface area contributed by atoms with E-state index in [2.05, 4.69) is 136 Å². The van der Waals surface area contributed by atoms with Crippen molar-refractivity contribution in [2.24, 2.45) is 0 Å². The largest absolute Gasteiger partial charge is 0.462 e. The number of carbonyl (C=O) groups is 3. The maximum Gasteiger partial charge on any atom is 0.306 e. The van der Waals surface area contributed by atoms with Crippen LogP contribution in [0.1, 0.15) is 278 Å². The molecule has 0 amide bonds. The van der Waals surface area contributed by atoms with Gasteiger partial charge in [-0.15, -0.1) is 0 Å². The molecule has 0 spiro atoms. The first-order valence-corrected chi connectivity index (χ1v) is 31.0. The summed E-state index contributed by atoms with van der Waals surface area (Å²) in [4.78, 5) is 38.2. The third-order valence-corrected chi connectivity index (χ3v) is 12.9. The first-order valence-electron chi connectivity index (χ1n) is 31.0. The highest BCUT2D eigenvalue weighted by Gasteiger charge is 2.19. The highest BCUT2D eigenvalue weighted by molar-refractivity contribution is 5.71. The van der Waals surface area contributed by atoms with E-state index in [1.807, 2.05) is 6.08 Å². The Morgan fingerprint density at radius 3 is 0.907 bits per heavy atom. The van der Waals surface area contributed by atoms with E-state index < -0.39 is 6.10 Å². The molecule has 0 aliphatic heterocycles. The number of rotatable bonds is 55. The minimum atomic E-state index is -0.835. The first kappa shape index (κ1) is 70.8. The van der Waals surface area contributed by atoms with Crippen molar-refractivity contribution < 1.29 is 28.6 Å². The number of hydrogen-bond acceptors (Lipinski definition) is 6.